The Morgan fingerprint density at radius 1 is 1.00 bits per heavy atom. The topological polar surface area (TPSA) is 66.4 Å². The normalized spacial score (nSPS) is 11.0. The van der Waals surface area contributed by atoms with Crippen molar-refractivity contribution in [3.63, 3.8) is 0 Å². The highest BCUT2D eigenvalue weighted by molar-refractivity contribution is 6.09. The van der Waals surface area contributed by atoms with Gasteiger partial charge in [-0.3, -0.25) is 15.1 Å². The fourth-order valence-corrected chi connectivity index (χ4v) is 2.21. The van der Waals surface area contributed by atoms with E-state index in [9.17, 15) is 9.18 Å². The lowest BCUT2D eigenvalue weighted by Gasteiger charge is -2.12. The molecule has 6 heteroatoms. The van der Waals surface area contributed by atoms with Crippen LogP contribution in [0.3, 0.4) is 0 Å². The Hall–Kier alpha value is -3.54. The summed E-state index contributed by atoms with van der Waals surface area (Å²) in [5.41, 5.74) is 2.03. The van der Waals surface area contributed by atoms with E-state index in [0.29, 0.717) is 17.8 Å². The van der Waals surface area contributed by atoms with Gasteiger partial charge in [-0.15, -0.1) is 0 Å². The lowest BCUT2D eigenvalue weighted by atomic mass is 10.2. The molecule has 26 heavy (non-hydrogen) atoms. The van der Waals surface area contributed by atoms with Gasteiger partial charge in [-0.25, -0.2) is 9.38 Å². The molecule has 0 fully saturated rings. The van der Waals surface area contributed by atoms with Gasteiger partial charge in [0.2, 0.25) is 5.96 Å². The number of benzene rings is 2. The van der Waals surface area contributed by atoms with Gasteiger partial charge in [-0.1, -0.05) is 24.3 Å². The molecule has 0 unspecified atom stereocenters. The molecule has 0 radical (unpaired) electrons. The van der Waals surface area contributed by atoms with Crippen LogP contribution in [0.1, 0.15) is 15.9 Å². The van der Waals surface area contributed by atoms with E-state index in [0.717, 1.165) is 5.56 Å². The summed E-state index contributed by atoms with van der Waals surface area (Å²) in [5, 5.41) is 5.76. The second kappa shape index (κ2) is 8.53. The summed E-state index contributed by atoms with van der Waals surface area (Å²) in [4.78, 5) is 20.9. The molecule has 3 rings (SSSR count). The van der Waals surface area contributed by atoms with Crippen molar-refractivity contribution in [1.82, 2.24) is 10.3 Å². The molecule has 1 aromatic heterocycles. The van der Waals surface area contributed by atoms with Crippen molar-refractivity contribution in [2.75, 3.05) is 5.32 Å². The number of anilines is 1. The maximum atomic E-state index is 13.1. The average molecular weight is 348 g/mol. The van der Waals surface area contributed by atoms with E-state index in [1.807, 2.05) is 18.2 Å². The first-order chi connectivity index (χ1) is 12.7. The molecular weight excluding hydrogens is 331 g/mol. The van der Waals surface area contributed by atoms with Gasteiger partial charge in [0.05, 0.1) is 6.54 Å². The van der Waals surface area contributed by atoms with Crippen LogP contribution in [0.25, 0.3) is 0 Å². The van der Waals surface area contributed by atoms with Crippen LogP contribution in [0.15, 0.2) is 84.1 Å². The van der Waals surface area contributed by atoms with Crippen molar-refractivity contribution in [2.45, 2.75) is 6.54 Å². The molecule has 130 valence electrons. The highest BCUT2D eigenvalue weighted by Gasteiger charge is 2.09. The summed E-state index contributed by atoms with van der Waals surface area (Å²) < 4.78 is 13.1. The third-order valence-corrected chi connectivity index (χ3v) is 3.52. The first-order valence-electron chi connectivity index (χ1n) is 8.03. The summed E-state index contributed by atoms with van der Waals surface area (Å²) in [5.74, 6) is -0.350. The summed E-state index contributed by atoms with van der Waals surface area (Å²) in [6.45, 7) is 0.340. The number of guanidine groups is 1. The molecule has 0 aliphatic rings. The van der Waals surface area contributed by atoms with Crippen LogP contribution in [0.4, 0.5) is 10.1 Å². The number of nitrogens with one attached hydrogen (secondary N) is 2. The number of hydrogen-bond acceptors (Lipinski definition) is 3. The Balaban J connectivity index is 1.78. The van der Waals surface area contributed by atoms with E-state index in [1.54, 1.807) is 48.8 Å². The van der Waals surface area contributed by atoms with E-state index < -0.39 is 0 Å². The van der Waals surface area contributed by atoms with Crippen molar-refractivity contribution in [3.05, 3.63) is 96.1 Å². The molecule has 2 N–H and O–H groups in total. The second-order valence-electron chi connectivity index (χ2n) is 5.48. The molecule has 2 aromatic carbocycles. The number of halogens is 1. The van der Waals surface area contributed by atoms with Crippen molar-refractivity contribution in [1.29, 1.82) is 0 Å². The summed E-state index contributed by atoms with van der Waals surface area (Å²) in [6, 6.07) is 18.4. The van der Waals surface area contributed by atoms with E-state index in [2.05, 4.69) is 20.6 Å². The lowest BCUT2D eigenvalue weighted by molar-refractivity contribution is 0.0977. The van der Waals surface area contributed by atoms with Crippen LogP contribution < -0.4 is 10.6 Å². The summed E-state index contributed by atoms with van der Waals surface area (Å²) in [6.07, 6.45) is 3.39. The number of aromatic nitrogens is 1. The quantitative estimate of drug-likeness (QED) is 0.559. The maximum Gasteiger partial charge on any atom is 0.257 e. The van der Waals surface area contributed by atoms with Crippen molar-refractivity contribution < 1.29 is 9.18 Å². The predicted octanol–water partition coefficient (Wildman–Crippen LogP) is 3.62. The average Bonchev–Trinajstić information content (AvgIpc) is 2.69. The van der Waals surface area contributed by atoms with Crippen molar-refractivity contribution >= 4 is 17.6 Å². The molecule has 0 saturated carbocycles. The first-order valence-corrected chi connectivity index (χ1v) is 8.03. The van der Waals surface area contributed by atoms with Crippen molar-refractivity contribution in [3.8, 4) is 0 Å². The van der Waals surface area contributed by atoms with Crippen LogP contribution in [0.2, 0.25) is 0 Å². The summed E-state index contributed by atoms with van der Waals surface area (Å²) >= 11 is 0. The van der Waals surface area contributed by atoms with Crippen LogP contribution in [0, 0.1) is 5.82 Å². The zero-order valence-corrected chi connectivity index (χ0v) is 13.9. The molecule has 0 atom stereocenters. The largest absolute Gasteiger partial charge is 0.326 e. The molecule has 0 spiro atoms. The van der Waals surface area contributed by atoms with Gasteiger partial charge < -0.3 is 5.32 Å². The number of rotatable bonds is 4. The van der Waals surface area contributed by atoms with E-state index in [1.165, 1.54) is 12.1 Å². The summed E-state index contributed by atoms with van der Waals surface area (Å²) in [7, 11) is 0. The monoisotopic (exact) mass is 348 g/mol. The van der Waals surface area contributed by atoms with Gasteiger partial charge >= 0.3 is 0 Å². The number of carbonyl (C=O) groups is 1. The first kappa shape index (κ1) is 17.3. The van der Waals surface area contributed by atoms with Gasteiger partial charge in [-0.2, -0.15) is 0 Å². The smallest absolute Gasteiger partial charge is 0.257 e. The molecule has 0 aliphatic heterocycles. The fraction of sp³-hybridized carbons (Fsp3) is 0.0500. The van der Waals surface area contributed by atoms with E-state index in [-0.39, 0.29) is 17.7 Å². The molecule has 0 bridgehead atoms. The van der Waals surface area contributed by atoms with Crippen LogP contribution in [0.5, 0.6) is 0 Å². The van der Waals surface area contributed by atoms with Crippen LogP contribution >= 0.6 is 0 Å². The van der Waals surface area contributed by atoms with E-state index in [4.69, 9.17) is 0 Å². The zero-order valence-electron chi connectivity index (χ0n) is 13.9. The minimum absolute atomic E-state index is 0.273. The second-order valence-corrected chi connectivity index (χ2v) is 5.48. The molecule has 0 saturated heterocycles. The molecular formula is C20H17FN4O. The number of amides is 1. The van der Waals surface area contributed by atoms with Gasteiger partial charge in [0.1, 0.15) is 5.82 Å². The minimum Gasteiger partial charge on any atom is -0.326 e. The van der Waals surface area contributed by atoms with Crippen LogP contribution in [-0.2, 0) is 6.54 Å². The van der Waals surface area contributed by atoms with Gasteiger partial charge in [-0.05, 0) is 48.0 Å². The highest BCUT2D eigenvalue weighted by atomic mass is 19.1. The number of aliphatic imine (C=N–C) groups is 1. The number of pyridine rings is 1. The number of hydrogen-bond donors (Lipinski definition) is 2. The Morgan fingerprint density at radius 2 is 1.77 bits per heavy atom. The van der Waals surface area contributed by atoms with Crippen LogP contribution in [-0.4, -0.2) is 16.9 Å². The minimum atomic E-state index is -0.335. The third-order valence-electron chi connectivity index (χ3n) is 3.52. The molecule has 0 aliphatic carbocycles. The van der Waals surface area contributed by atoms with Gasteiger partial charge in [0, 0.05) is 23.6 Å². The molecule has 1 amide bonds. The fourth-order valence-electron chi connectivity index (χ4n) is 2.21. The Kier molecular flexibility index (Phi) is 5.67. The molecule has 3 aromatic rings. The highest BCUT2D eigenvalue weighted by Crippen LogP contribution is 2.09. The van der Waals surface area contributed by atoms with Crippen molar-refractivity contribution in [2.24, 2.45) is 4.99 Å². The Bertz CT molecular complexity index is 881. The zero-order chi connectivity index (χ0) is 18.2. The van der Waals surface area contributed by atoms with Gasteiger partial charge in [0.25, 0.3) is 5.91 Å². The maximum absolute atomic E-state index is 13.1. The van der Waals surface area contributed by atoms with Gasteiger partial charge in [0.15, 0.2) is 0 Å². The predicted molar refractivity (Wildman–Crippen MR) is 99.3 cm³/mol. The number of carbonyl (C=O) groups excluding carboxylic acids is 1. The Morgan fingerprint density at radius 3 is 2.46 bits per heavy atom. The number of nitrogens with zero attached hydrogens (tertiary/aromatic N) is 2. The Labute approximate surface area is 150 Å². The van der Waals surface area contributed by atoms with E-state index >= 15 is 0 Å². The molecule has 5 nitrogen and oxygen atoms in total. The SMILES string of the molecule is O=C(NC(=NCc1cccnc1)Nc1ccc(F)cc1)c1ccccc1. The lowest BCUT2D eigenvalue weighted by Crippen LogP contribution is -2.36. The third kappa shape index (κ3) is 4.98. The molecule has 1 heterocycles. The standard InChI is InChI=1S/C20H17FN4O/c21-17-8-10-18(11-9-17)24-20(23-14-15-5-4-12-22-13-15)25-19(26)16-6-2-1-3-7-16/h1-13H,14H2,(H2,23,24,25,26).